The monoisotopic (exact) mass is 306 g/mol. The van der Waals surface area contributed by atoms with Gasteiger partial charge < -0.3 is 11.1 Å². The molecule has 1 heterocycles. The molecule has 1 aromatic carbocycles. The molecule has 0 amide bonds. The third-order valence-electron chi connectivity index (χ3n) is 2.47. The fraction of sp³-hybridized carbons (Fsp3) is 0.231. The van der Waals surface area contributed by atoms with Crippen LogP contribution in [0, 0.1) is 0 Å². The number of nitrogens with one attached hydrogen (secondary N) is 1. The number of anilines is 2. The van der Waals surface area contributed by atoms with Crippen LogP contribution in [-0.4, -0.2) is 16.5 Å². The van der Waals surface area contributed by atoms with Crippen molar-refractivity contribution in [2.24, 2.45) is 5.73 Å². The highest BCUT2D eigenvalue weighted by Crippen LogP contribution is 2.16. The number of rotatable bonds is 5. The van der Waals surface area contributed by atoms with E-state index in [0.29, 0.717) is 12.5 Å². The molecule has 4 nitrogen and oxygen atoms in total. The van der Waals surface area contributed by atoms with Crippen molar-refractivity contribution in [3.8, 4) is 0 Å². The average Bonchev–Trinajstić information content (AvgIpc) is 2.40. The fourth-order valence-corrected chi connectivity index (χ4v) is 1.82. The lowest BCUT2D eigenvalue weighted by Crippen LogP contribution is -2.01. The fourth-order valence-electron chi connectivity index (χ4n) is 1.62. The minimum Gasteiger partial charge on any atom is -0.330 e. The van der Waals surface area contributed by atoms with Crippen molar-refractivity contribution in [1.82, 2.24) is 9.97 Å². The van der Waals surface area contributed by atoms with Crippen LogP contribution in [0.4, 0.5) is 11.6 Å². The largest absolute Gasteiger partial charge is 0.330 e. The van der Waals surface area contributed by atoms with Crippen molar-refractivity contribution in [2.75, 3.05) is 11.9 Å². The third kappa shape index (κ3) is 3.78. The number of halogens is 1. The molecule has 5 heteroatoms. The van der Waals surface area contributed by atoms with Gasteiger partial charge >= 0.3 is 0 Å². The van der Waals surface area contributed by atoms with Gasteiger partial charge in [0, 0.05) is 18.1 Å². The Morgan fingerprint density at radius 1 is 1.22 bits per heavy atom. The predicted octanol–water partition coefficient (Wildman–Crippen LogP) is 2.87. The highest BCUT2D eigenvalue weighted by atomic mass is 79.9. The van der Waals surface area contributed by atoms with Gasteiger partial charge in [-0.2, -0.15) is 0 Å². The second-order valence-electron chi connectivity index (χ2n) is 3.94. The van der Waals surface area contributed by atoms with Gasteiger partial charge in [0.1, 0.15) is 0 Å². The molecule has 0 unspecified atom stereocenters. The van der Waals surface area contributed by atoms with E-state index in [1.54, 1.807) is 12.4 Å². The first-order valence-corrected chi connectivity index (χ1v) is 6.61. The molecule has 0 aliphatic carbocycles. The smallest absolute Gasteiger partial charge is 0.227 e. The Hall–Kier alpha value is -1.46. The van der Waals surface area contributed by atoms with Crippen LogP contribution in [0.1, 0.15) is 12.0 Å². The van der Waals surface area contributed by atoms with Crippen LogP contribution in [0.5, 0.6) is 0 Å². The second-order valence-corrected chi connectivity index (χ2v) is 4.86. The molecule has 18 heavy (non-hydrogen) atoms. The van der Waals surface area contributed by atoms with Gasteiger partial charge in [-0.15, -0.1) is 0 Å². The van der Waals surface area contributed by atoms with E-state index in [2.05, 4.69) is 43.3 Å². The Balaban J connectivity index is 2.06. The molecule has 1 aromatic heterocycles. The van der Waals surface area contributed by atoms with Gasteiger partial charge in [-0.3, -0.25) is 0 Å². The number of hydrogen-bond donors (Lipinski definition) is 2. The SMILES string of the molecule is NCCCc1cccc(Nc2ncc(Br)cn2)c1. The number of benzene rings is 1. The zero-order chi connectivity index (χ0) is 12.8. The van der Waals surface area contributed by atoms with Gasteiger partial charge in [-0.25, -0.2) is 9.97 Å². The van der Waals surface area contributed by atoms with Crippen LogP contribution in [0.2, 0.25) is 0 Å². The molecular weight excluding hydrogens is 292 g/mol. The summed E-state index contributed by atoms with van der Waals surface area (Å²) in [6.07, 6.45) is 5.42. The summed E-state index contributed by atoms with van der Waals surface area (Å²) in [6, 6.07) is 8.22. The number of aromatic nitrogens is 2. The molecule has 0 radical (unpaired) electrons. The van der Waals surface area contributed by atoms with Crippen molar-refractivity contribution >= 4 is 27.6 Å². The van der Waals surface area contributed by atoms with Gasteiger partial charge in [0.2, 0.25) is 5.95 Å². The Kier molecular flexibility index (Phi) is 4.66. The molecule has 3 N–H and O–H groups in total. The van der Waals surface area contributed by atoms with E-state index in [1.165, 1.54) is 5.56 Å². The molecule has 0 bridgehead atoms. The van der Waals surface area contributed by atoms with Crippen LogP contribution in [0.25, 0.3) is 0 Å². The normalized spacial score (nSPS) is 10.3. The van der Waals surface area contributed by atoms with E-state index in [-0.39, 0.29) is 0 Å². The standard InChI is InChI=1S/C13H15BrN4/c14-11-8-16-13(17-9-11)18-12-5-1-3-10(7-12)4-2-6-15/h1,3,5,7-9H,2,4,6,15H2,(H,16,17,18). The average molecular weight is 307 g/mol. The van der Waals surface area contributed by atoms with Gasteiger partial charge in [-0.1, -0.05) is 12.1 Å². The van der Waals surface area contributed by atoms with E-state index in [0.717, 1.165) is 23.0 Å². The first-order valence-electron chi connectivity index (χ1n) is 5.81. The van der Waals surface area contributed by atoms with Crippen molar-refractivity contribution in [3.63, 3.8) is 0 Å². The summed E-state index contributed by atoms with van der Waals surface area (Å²) >= 11 is 3.31. The predicted molar refractivity (Wildman–Crippen MR) is 76.8 cm³/mol. The Bertz CT molecular complexity index is 499. The molecule has 0 aliphatic rings. The van der Waals surface area contributed by atoms with Gasteiger partial charge in [0.15, 0.2) is 0 Å². The molecule has 0 saturated heterocycles. The van der Waals surface area contributed by atoms with E-state index < -0.39 is 0 Å². The van der Waals surface area contributed by atoms with E-state index >= 15 is 0 Å². The molecule has 2 rings (SSSR count). The summed E-state index contributed by atoms with van der Waals surface area (Å²) in [5.41, 5.74) is 7.77. The molecule has 94 valence electrons. The summed E-state index contributed by atoms with van der Waals surface area (Å²) in [7, 11) is 0. The lowest BCUT2D eigenvalue weighted by atomic mass is 10.1. The maximum Gasteiger partial charge on any atom is 0.227 e. The van der Waals surface area contributed by atoms with E-state index in [4.69, 9.17) is 5.73 Å². The molecule has 2 aromatic rings. The molecule has 0 fully saturated rings. The highest BCUT2D eigenvalue weighted by molar-refractivity contribution is 9.10. The van der Waals surface area contributed by atoms with Crippen LogP contribution >= 0.6 is 15.9 Å². The lowest BCUT2D eigenvalue weighted by Gasteiger charge is -2.06. The van der Waals surface area contributed by atoms with Crippen LogP contribution in [0.15, 0.2) is 41.1 Å². The molecular formula is C13H15BrN4. The number of nitrogens with two attached hydrogens (primary N) is 1. The number of aryl methyl sites for hydroxylation is 1. The third-order valence-corrected chi connectivity index (χ3v) is 2.88. The van der Waals surface area contributed by atoms with Crippen LogP contribution in [-0.2, 0) is 6.42 Å². The minimum atomic E-state index is 0.592. The summed E-state index contributed by atoms with van der Waals surface area (Å²) in [5, 5.41) is 3.17. The van der Waals surface area contributed by atoms with Crippen molar-refractivity contribution in [1.29, 1.82) is 0 Å². The maximum atomic E-state index is 5.51. The van der Waals surface area contributed by atoms with Crippen molar-refractivity contribution in [3.05, 3.63) is 46.7 Å². The number of nitrogens with zero attached hydrogens (tertiary/aromatic N) is 2. The van der Waals surface area contributed by atoms with E-state index in [9.17, 15) is 0 Å². The van der Waals surface area contributed by atoms with Crippen molar-refractivity contribution < 1.29 is 0 Å². The quantitative estimate of drug-likeness (QED) is 0.891. The molecule has 0 atom stereocenters. The topological polar surface area (TPSA) is 63.8 Å². The highest BCUT2D eigenvalue weighted by Gasteiger charge is 1.99. The van der Waals surface area contributed by atoms with Gasteiger partial charge in [0.05, 0.1) is 4.47 Å². The molecule has 0 saturated carbocycles. The maximum absolute atomic E-state index is 5.51. The first kappa shape index (κ1) is 13.0. The van der Waals surface area contributed by atoms with E-state index in [1.807, 2.05) is 12.1 Å². The van der Waals surface area contributed by atoms with Crippen molar-refractivity contribution in [2.45, 2.75) is 12.8 Å². The van der Waals surface area contributed by atoms with Gasteiger partial charge in [-0.05, 0) is 53.0 Å². The lowest BCUT2D eigenvalue weighted by molar-refractivity contribution is 0.833. The summed E-state index contributed by atoms with van der Waals surface area (Å²) in [5.74, 6) is 0.592. The Labute approximate surface area is 115 Å². The Morgan fingerprint density at radius 2 is 2.00 bits per heavy atom. The minimum absolute atomic E-state index is 0.592. The number of hydrogen-bond acceptors (Lipinski definition) is 4. The summed E-state index contributed by atoms with van der Waals surface area (Å²) < 4.78 is 0.866. The zero-order valence-electron chi connectivity index (χ0n) is 9.94. The van der Waals surface area contributed by atoms with Crippen LogP contribution in [0.3, 0.4) is 0 Å². The van der Waals surface area contributed by atoms with Gasteiger partial charge in [0.25, 0.3) is 0 Å². The summed E-state index contributed by atoms with van der Waals surface area (Å²) in [6.45, 7) is 0.716. The first-order chi connectivity index (χ1) is 8.78. The summed E-state index contributed by atoms with van der Waals surface area (Å²) in [4.78, 5) is 8.35. The zero-order valence-corrected chi connectivity index (χ0v) is 11.5. The molecule has 0 spiro atoms. The Morgan fingerprint density at radius 3 is 2.72 bits per heavy atom. The second kappa shape index (κ2) is 6.47. The van der Waals surface area contributed by atoms with Crippen LogP contribution < -0.4 is 11.1 Å². The molecule has 0 aliphatic heterocycles.